The topological polar surface area (TPSA) is 115 Å². The molecular formula is C23H26N4O6S. The Morgan fingerprint density at radius 2 is 1.76 bits per heavy atom. The molecule has 0 aliphatic carbocycles. The lowest BCUT2D eigenvalue weighted by molar-refractivity contribution is 0.0730. The molecule has 1 aliphatic rings. The van der Waals surface area contributed by atoms with Crippen LogP contribution in [0.2, 0.25) is 0 Å². The summed E-state index contributed by atoms with van der Waals surface area (Å²) in [4.78, 5) is 18.8. The van der Waals surface area contributed by atoms with Gasteiger partial charge in [-0.1, -0.05) is 5.16 Å². The summed E-state index contributed by atoms with van der Waals surface area (Å²) in [6.45, 7) is 3.98. The first kappa shape index (κ1) is 23.9. The molecule has 0 N–H and O–H groups in total. The second-order valence-corrected chi connectivity index (χ2v) is 9.61. The minimum absolute atomic E-state index is 0.108. The fraction of sp³-hybridized carbons (Fsp3) is 0.348. The normalized spacial score (nSPS) is 14.6. The predicted octanol–water partition coefficient (Wildman–Crippen LogP) is 2.43. The molecule has 0 spiro atoms. The lowest BCUT2D eigenvalue weighted by atomic mass is 10.2. The third kappa shape index (κ3) is 5.27. The minimum Gasteiger partial charge on any atom is -0.494 e. The van der Waals surface area contributed by atoms with E-state index in [1.165, 1.54) is 33.5 Å². The van der Waals surface area contributed by atoms with Gasteiger partial charge < -0.3 is 18.9 Å². The maximum Gasteiger partial charge on any atom is 0.254 e. The van der Waals surface area contributed by atoms with Crippen LogP contribution in [0.3, 0.4) is 0 Å². The molecule has 0 unspecified atom stereocenters. The van der Waals surface area contributed by atoms with E-state index in [4.69, 9.17) is 14.0 Å². The molecule has 4 rings (SSSR count). The number of nitrogens with zero attached hydrogens (tertiary/aromatic N) is 4. The van der Waals surface area contributed by atoms with Gasteiger partial charge in [0.2, 0.25) is 21.7 Å². The van der Waals surface area contributed by atoms with Gasteiger partial charge in [-0.2, -0.15) is 9.29 Å². The number of amides is 1. The molecule has 10 nitrogen and oxygen atoms in total. The molecule has 0 bridgehead atoms. The molecule has 1 saturated heterocycles. The number of rotatable bonds is 8. The first-order chi connectivity index (χ1) is 16.4. The van der Waals surface area contributed by atoms with Crippen LogP contribution in [0.4, 0.5) is 0 Å². The van der Waals surface area contributed by atoms with Crippen LogP contribution >= 0.6 is 0 Å². The Balaban J connectivity index is 1.40. The number of carbonyl (C=O) groups is 1. The van der Waals surface area contributed by atoms with Gasteiger partial charge in [0.25, 0.3) is 5.91 Å². The predicted molar refractivity (Wildman–Crippen MR) is 123 cm³/mol. The van der Waals surface area contributed by atoms with Gasteiger partial charge in [-0.25, -0.2) is 8.42 Å². The van der Waals surface area contributed by atoms with E-state index in [2.05, 4.69) is 10.1 Å². The van der Waals surface area contributed by atoms with Crippen molar-refractivity contribution in [2.24, 2.45) is 0 Å². The molecule has 2 aromatic carbocycles. The zero-order chi connectivity index (χ0) is 24.1. The Morgan fingerprint density at radius 1 is 1.09 bits per heavy atom. The van der Waals surface area contributed by atoms with Crippen molar-refractivity contribution >= 4 is 15.9 Å². The fourth-order valence-electron chi connectivity index (χ4n) is 3.50. The van der Waals surface area contributed by atoms with Gasteiger partial charge in [0.05, 0.1) is 31.3 Å². The Hall–Kier alpha value is -3.28. The van der Waals surface area contributed by atoms with Crippen LogP contribution in [-0.2, 0) is 21.3 Å². The monoisotopic (exact) mass is 486 g/mol. The van der Waals surface area contributed by atoms with Crippen LogP contribution in [0.5, 0.6) is 5.75 Å². The van der Waals surface area contributed by atoms with Crippen molar-refractivity contribution in [1.82, 2.24) is 19.3 Å². The Labute approximate surface area is 198 Å². The summed E-state index contributed by atoms with van der Waals surface area (Å²) < 4.78 is 42.8. The van der Waals surface area contributed by atoms with Crippen molar-refractivity contribution < 1.29 is 27.2 Å². The molecule has 3 aromatic rings. The van der Waals surface area contributed by atoms with E-state index >= 15 is 0 Å². The number of morpholine rings is 1. The van der Waals surface area contributed by atoms with Crippen molar-refractivity contribution in [1.29, 1.82) is 0 Å². The molecule has 1 aromatic heterocycles. The second kappa shape index (κ2) is 10.3. The Morgan fingerprint density at radius 3 is 2.41 bits per heavy atom. The number of benzene rings is 2. The molecule has 11 heteroatoms. The van der Waals surface area contributed by atoms with Crippen LogP contribution in [0, 0.1) is 0 Å². The van der Waals surface area contributed by atoms with Crippen molar-refractivity contribution in [2.75, 3.05) is 40.0 Å². The first-order valence-electron chi connectivity index (χ1n) is 10.9. The lowest BCUT2D eigenvalue weighted by Crippen LogP contribution is -2.40. The number of ether oxygens (including phenoxy) is 2. The SMILES string of the molecule is CCOc1ccc(-c2noc(CN(C)C(=O)c3ccc(S(=O)(=O)N4CCOCC4)cc3)n2)cc1. The molecule has 2 heterocycles. The van der Waals surface area contributed by atoms with E-state index in [-0.39, 0.29) is 23.2 Å². The summed E-state index contributed by atoms with van der Waals surface area (Å²) in [5.41, 5.74) is 1.12. The highest BCUT2D eigenvalue weighted by Gasteiger charge is 2.26. The zero-order valence-corrected chi connectivity index (χ0v) is 19.8. The molecular weight excluding hydrogens is 460 g/mol. The van der Waals surface area contributed by atoms with Gasteiger partial charge in [-0.15, -0.1) is 0 Å². The van der Waals surface area contributed by atoms with Crippen molar-refractivity contribution in [3.8, 4) is 17.1 Å². The second-order valence-electron chi connectivity index (χ2n) is 7.67. The number of carbonyl (C=O) groups excluding carboxylic acids is 1. The van der Waals surface area contributed by atoms with E-state index in [0.29, 0.717) is 44.3 Å². The quantitative estimate of drug-likeness (QED) is 0.477. The van der Waals surface area contributed by atoms with Gasteiger partial charge in [0.1, 0.15) is 5.75 Å². The van der Waals surface area contributed by atoms with Gasteiger partial charge in [0.15, 0.2) is 0 Å². The van der Waals surface area contributed by atoms with E-state index in [1.54, 1.807) is 7.05 Å². The number of aromatic nitrogens is 2. The molecule has 0 atom stereocenters. The highest BCUT2D eigenvalue weighted by molar-refractivity contribution is 7.89. The van der Waals surface area contributed by atoms with Gasteiger partial charge in [-0.05, 0) is 55.5 Å². The summed E-state index contributed by atoms with van der Waals surface area (Å²) >= 11 is 0. The van der Waals surface area contributed by atoms with Crippen molar-refractivity contribution in [2.45, 2.75) is 18.4 Å². The molecule has 1 amide bonds. The van der Waals surface area contributed by atoms with Gasteiger partial charge >= 0.3 is 0 Å². The number of sulfonamides is 1. The summed E-state index contributed by atoms with van der Waals surface area (Å²) in [5.74, 6) is 1.16. The largest absolute Gasteiger partial charge is 0.494 e. The smallest absolute Gasteiger partial charge is 0.254 e. The van der Waals surface area contributed by atoms with Gasteiger partial charge in [0, 0.05) is 31.3 Å². The molecule has 180 valence electrons. The Bertz CT molecular complexity index is 1220. The van der Waals surface area contributed by atoms with E-state index in [9.17, 15) is 13.2 Å². The Kier molecular flexibility index (Phi) is 7.25. The summed E-state index contributed by atoms with van der Waals surface area (Å²) in [6.07, 6.45) is 0. The minimum atomic E-state index is -3.62. The van der Waals surface area contributed by atoms with E-state index in [1.807, 2.05) is 31.2 Å². The highest BCUT2D eigenvalue weighted by Crippen LogP contribution is 2.21. The van der Waals surface area contributed by atoms with E-state index in [0.717, 1.165) is 11.3 Å². The van der Waals surface area contributed by atoms with Crippen molar-refractivity contribution in [3.05, 3.63) is 60.0 Å². The standard InChI is InChI=1S/C23H26N4O6S/c1-3-32-19-8-4-17(5-9-19)22-24-21(33-25-22)16-26(2)23(28)18-6-10-20(11-7-18)34(29,30)27-12-14-31-15-13-27/h4-11H,3,12-16H2,1-2H3. The van der Waals surface area contributed by atoms with Crippen LogP contribution in [-0.4, -0.2) is 73.6 Å². The molecule has 0 radical (unpaired) electrons. The number of hydrogen-bond acceptors (Lipinski definition) is 8. The zero-order valence-electron chi connectivity index (χ0n) is 19.0. The van der Waals surface area contributed by atoms with Gasteiger partial charge in [-0.3, -0.25) is 4.79 Å². The maximum absolute atomic E-state index is 12.8. The van der Waals surface area contributed by atoms with Crippen LogP contribution < -0.4 is 4.74 Å². The summed E-state index contributed by atoms with van der Waals surface area (Å²) in [5, 5.41) is 3.99. The molecule has 34 heavy (non-hydrogen) atoms. The lowest BCUT2D eigenvalue weighted by Gasteiger charge is -2.26. The average molecular weight is 487 g/mol. The fourth-order valence-corrected chi connectivity index (χ4v) is 4.91. The number of hydrogen-bond donors (Lipinski definition) is 0. The summed E-state index contributed by atoms with van der Waals surface area (Å²) in [6, 6.07) is 13.2. The molecule has 1 fully saturated rings. The third-order valence-corrected chi connectivity index (χ3v) is 7.23. The van der Waals surface area contributed by atoms with Crippen molar-refractivity contribution in [3.63, 3.8) is 0 Å². The molecule has 0 saturated carbocycles. The van der Waals surface area contributed by atoms with E-state index < -0.39 is 10.0 Å². The first-order valence-corrected chi connectivity index (χ1v) is 12.3. The van der Waals surface area contributed by atoms with Crippen LogP contribution in [0.1, 0.15) is 23.2 Å². The average Bonchev–Trinajstić information content (AvgIpc) is 3.33. The summed E-state index contributed by atoms with van der Waals surface area (Å²) in [7, 11) is -2.00. The third-order valence-electron chi connectivity index (χ3n) is 5.32. The van der Waals surface area contributed by atoms with Crippen LogP contribution in [0.15, 0.2) is 57.9 Å². The molecule has 1 aliphatic heterocycles. The highest BCUT2D eigenvalue weighted by atomic mass is 32.2. The maximum atomic E-state index is 12.8. The van der Waals surface area contributed by atoms with Crippen LogP contribution in [0.25, 0.3) is 11.4 Å².